The lowest BCUT2D eigenvalue weighted by molar-refractivity contribution is -0.121. The Balaban J connectivity index is 1.35. The zero-order chi connectivity index (χ0) is 23.5. The van der Waals surface area contributed by atoms with Crippen LogP contribution in [0.4, 0.5) is 5.69 Å². The Hall–Kier alpha value is -4.19. The summed E-state index contributed by atoms with van der Waals surface area (Å²) in [7, 11) is 0. The van der Waals surface area contributed by atoms with Gasteiger partial charge in [0.15, 0.2) is 0 Å². The molecule has 1 saturated heterocycles. The first kappa shape index (κ1) is 21.6. The molecule has 3 aromatic carbocycles. The minimum atomic E-state index is -0.119. The van der Waals surface area contributed by atoms with Crippen LogP contribution in [0.2, 0.25) is 0 Å². The van der Waals surface area contributed by atoms with E-state index in [-0.39, 0.29) is 23.5 Å². The Morgan fingerprint density at radius 1 is 0.882 bits per heavy atom. The smallest absolute Gasteiger partial charge is 0.254 e. The summed E-state index contributed by atoms with van der Waals surface area (Å²) < 4.78 is 0. The molecule has 0 atom stereocenters. The first-order chi connectivity index (χ1) is 16.6. The average molecular weight is 452 g/mol. The van der Waals surface area contributed by atoms with Gasteiger partial charge in [0.05, 0.1) is 16.8 Å². The number of amides is 2. The van der Waals surface area contributed by atoms with Crippen LogP contribution in [0, 0.1) is 5.92 Å². The summed E-state index contributed by atoms with van der Waals surface area (Å²) in [4.78, 5) is 32.8. The zero-order valence-electron chi connectivity index (χ0n) is 18.6. The van der Waals surface area contributed by atoms with E-state index in [4.69, 9.17) is 4.98 Å². The number of carbonyl (C=O) groups excluding carboxylic acids is 2. The van der Waals surface area contributed by atoms with Gasteiger partial charge in [0.25, 0.3) is 5.91 Å². The summed E-state index contributed by atoms with van der Waals surface area (Å²) in [6, 6.07) is 25.7. The lowest BCUT2D eigenvalue weighted by Gasteiger charge is -2.31. The maximum absolute atomic E-state index is 13.6. The number of piperidine rings is 1. The number of nitrogens with zero attached hydrogens (tertiary/aromatic N) is 2. The summed E-state index contributed by atoms with van der Waals surface area (Å²) in [5, 5.41) is 13.4. The molecule has 2 heterocycles. The van der Waals surface area contributed by atoms with Gasteiger partial charge in [-0.3, -0.25) is 9.59 Å². The van der Waals surface area contributed by atoms with Crippen LogP contribution in [-0.4, -0.2) is 39.9 Å². The van der Waals surface area contributed by atoms with Crippen molar-refractivity contribution in [1.82, 2.24) is 9.88 Å². The highest BCUT2D eigenvalue weighted by molar-refractivity contribution is 6.07. The van der Waals surface area contributed by atoms with Crippen LogP contribution in [0.15, 0.2) is 84.9 Å². The van der Waals surface area contributed by atoms with E-state index in [1.807, 2.05) is 65.6 Å². The van der Waals surface area contributed by atoms with Crippen molar-refractivity contribution >= 4 is 28.4 Å². The summed E-state index contributed by atoms with van der Waals surface area (Å²) >= 11 is 0. The number of benzene rings is 3. The van der Waals surface area contributed by atoms with E-state index in [1.165, 1.54) is 0 Å². The van der Waals surface area contributed by atoms with E-state index in [9.17, 15) is 14.7 Å². The average Bonchev–Trinajstić information content (AvgIpc) is 2.89. The van der Waals surface area contributed by atoms with E-state index in [2.05, 4.69) is 5.32 Å². The fourth-order valence-electron chi connectivity index (χ4n) is 4.41. The van der Waals surface area contributed by atoms with Gasteiger partial charge in [-0.1, -0.05) is 36.4 Å². The highest BCUT2D eigenvalue weighted by Gasteiger charge is 2.29. The van der Waals surface area contributed by atoms with Gasteiger partial charge in [-0.05, 0) is 61.4 Å². The van der Waals surface area contributed by atoms with Crippen LogP contribution in [-0.2, 0) is 4.79 Å². The molecule has 4 aromatic rings. The van der Waals surface area contributed by atoms with Gasteiger partial charge < -0.3 is 15.3 Å². The second-order valence-electron chi connectivity index (χ2n) is 8.54. The van der Waals surface area contributed by atoms with Crippen molar-refractivity contribution in [3.8, 4) is 17.0 Å². The highest BCUT2D eigenvalue weighted by Crippen LogP contribution is 2.28. The third-order valence-corrected chi connectivity index (χ3v) is 6.30. The topological polar surface area (TPSA) is 82.5 Å². The monoisotopic (exact) mass is 451 g/mol. The number of aromatic nitrogens is 1. The number of para-hydroxylation sites is 2. The van der Waals surface area contributed by atoms with Crippen molar-refractivity contribution in [1.29, 1.82) is 0 Å². The highest BCUT2D eigenvalue weighted by atomic mass is 16.3. The third kappa shape index (κ3) is 4.48. The van der Waals surface area contributed by atoms with Crippen LogP contribution in [0.5, 0.6) is 5.75 Å². The molecular weight excluding hydrogens is 426 g/mol. The molecule has 2 amide bonds. The van der Waals surface area contributed by atoms with Crippen LogP contribution in [0.3, 0.4) is 0 Å². The number of phenols is 1. The van der Waals surface area contributed by atoms with E-state index >= 15 is 0 Å². The van der Waals surface area contributed by atoms with Crippen molar-refractivity contribution in [3.63, 3.8) is 0 Å². The van der Waals surface area contributed by atoms with Gasteiger partial charge in [-0.25, -0.2) is 4.98 Å². The Bertz CT molecular complexity index is 1330. The van der Waals surface area contributed by atoms with E-state index in [0.717, 1.165) is 22.2 Å². The van der Waals surface area contributed by atoms with E-state index < -0.39 is 0 Å². The molecule has 0 unspecified atom stereocenters. The molecule has 170 valence electrons. The van der Waals surface area contributed by atoms with E-state index in [0.29, 0.717) is 37.2 Å². The fraction of sp³-hybridized carbons (Fsp3) is 0.179. The minimum Gasteiger partial charge on any atom is -0.508 e. The van der Waals surface area contributed by atoms with Crippen molar-refractivity contribution in [3.05, 3.63) is 90.5 Å². The Labute approximate surface area is 197 Å². The molecule has 5 rings (SSSR count). The molecular formula is C28H25N3O3. The standard InChI is InChI=1S/C28H25N3O3/c32-22-12-10-19(11-13-22)26-18-24(23-8-4-5-9-25(23)30-26)28(34)31-16-14-20(15-17-31)27(33)29-21-6-2-1-3-7-21/h1-13,18,20,32H,14-17H2,(H,29,33). The van der Waals surface area contributed by atoms with Gasteiger partial charge in [0, 0.05) is 35.6 Å². The molecule has 34 heavy (non-hydrogen) atoms. The largest absolute Gasteiger partial charge is 0.508 e. The SMILES string of the molecule is O=C(Nc1ccccc1)C1CCN(C(=O)c2cc(-c3ccc(O)cc3)nc3ccccc23)CC1. The predicted molar refractivity (Wildman–Crippen MR) is 133 cm³/mol. The molecule has 0 spiro atoms. The van der Waals surface area contributed by atoms with Crippen LogP contribution >= 0.6 is 0 Å². The van der Waals surface area contributed by atoms with Gasteiger partial charge in [-0.2, -0.15) is 0 Å². The molecule has 6 nitrogen and oxygen atoms in total. The number of hydrogen-bond acceptors (Lipinski definition) is 4. The van der Waals surface area contributed by atoms with Crippen molar-refractivity contribution in [2.24, 2.45) is 5.92 Å². The Kier molecular flexibility index (Phi) is 5.95. The Morgan fingerprint density at radius 2 is 1.56 bits per heavy atom. The summed E-state index contributed by atoms with van der Waals surface area (Å²) in [5.41, 5.74) is 3.64. The summed E-state index contributed by atoms with van der Waals surface area (Å²) in [6.45, 7) is 1.05. The fourth-order valence-corrected chi connectivity index (χ4v) is 4.41. The van der Waals surface area contributed by atoms with E-state index in [1.54, 1.807) is 24.3 Å². The molecule has 0 radical (unpaired) electrons. The second-order valence-corrected chi connectivity index (χ2v) is 8.54. The molecule has 1 aliphatic rings. The molecule has 1 aromatic heterocycles. The lowest BCUT2D eigenvalue weighted by atomic mass is 9.94. The number of rotatable bonds is 4. The van der Waals surface area contributed by atoms with Gasteiger partial charge >= 0.3 is 0 Å². The number of fused-ring (bicyclic) bond motifs is 1. The first-order valence-electron chi connectivity index (χ1n) is 11.4. The van der Waals surface area contributed by atoms with Gasteiger partial charge in [0.1, 0.15) is 5.75 Å². The number of anilines is 1. The lowest BCUT2D eigenvalue weighted by Crippen LogP contribution is -2.41. The number of hydrogen-bond donors (Lipinski definition) is 2. The maximum Gasteiger partial charge on any atom is 0.254 e. The van der Waals surface area contributed by atoms with Crippen LogP contribution < -0.4 is 5.32 Å². The minimum absolute atomic E-state index is 0.00211. The second kappa shape index (κ2) is 9.35. The quantitative estimate of drug-likeness (QED) is 0.452. The zero-order valence-corrected chi connectivity index (χ0v) is 18.6. The third-order valence-electron chi connectivity index (χ3n) is 6.30. The molecule has 0 bridgehead atoms. The van der Waals surface area contributed by atoms with Crippen LogP contribution in [0.1, 0.15) is 23.2 Å². The number of pyridine rings is 1. The number of likely N-dealkylation sites (tertiary alicyclic amines) is 1. The molecule has 6 heteroatoms. The number of carbonyl (C=O) groups is 2. The van der Waals surface area contributed by atoms with Crippen molar-refractivity contribution < 1.29 is 14.7 Å². The molecule has 0 aliphatic carbocycles. The molecule has 1 aliphatic heterocycles. The number of nitrogens with one attached hydrogen (secondary N) is 1. The predicted octanol–water partition coefficient (Wildman–Crippen LogP) is 5.10. The number of aromatic hydroxyl groups is 1. The van der Waals surface area contributed by atoms with Gasteiger partial charge in [-0.15, -0.1) is 0 Å². The van der Waals surface area contributed by atoms with Crippen molar-refractivity contribution in [2.45, 2.75) is 12.8 Å². The summed E-state index contributed by atoms with van der Waals surface area (Å²) in [5.74, 6) is 0.00818. The first-order valence-corrected chi connectivity index (χ1v) is 11.4. The maximum atomic E-state index is 13.6. The molecule has 0 saturated carbocycles. The van der Waals surface area contributed by atoms with Crippen molar-refractivity contribution in [2.75, 3.05) is 18.4 Å². The van der Waals surface area contributed by atoms with Gasteiger partial charge in [0.2, 0.25) is 5.91 Å². The Morgan fingerprint density at radius 3 is 2.29 bits per heavy atom. The molecule has 2 N–H and O–H groups in total. The normalized spacial score (nSPS) is 14.2. The summed E-state index contributed by atoms with van der Waals surface area (Å²) in [6.07, 6.45) is 1.25. The number of phenolic OH excluding ortho intramolecular Hbond substituents is 1. The molecule has 1 fully saturated rings. The van der Waals surface area contributed by atoms with Crippen LogP contribution in [0.25, 0.3) is 22.2 Å².